The summed E-state index contributed by atoms with van der Waals surface area (Å²) in [4.78, 5) is 14.8. The van der Waals surface area contributed by atoms with E-state index in [1.165, 1.54) is 0 Å². The van der Waals surface area contributed by atoms with Crippen LogP contribution in [-0.4, -0.2) is 32.1 Å². The predicted octanol–water partition coefficient (Wildman–Crippen LogP) is 4.76. The van der Waals surface area contributed by atoms with E-state index in [1.54, 1.807) is 0 Å². The van der Waals surface area contributed by atoms with Gasteiger partial charge in [-0.25, -0.2) is 4.98 Å². The third kappa shape index (κ3) is 4.25. The number of para-hydroxylation sites is 2. The summed E-state index contributed by atoms with van der Waals surface area (Å²) < 4.78 is 5.62. The van der Waals surface area contributed by atoms with Crippen molar-refractivity contribution >= 4 is 11.0 Å². The second-order valence-electron chi connectivity index (χ2n) is 7.67. The van der Waals surface area contributed by atoms with Crippen molar-refractivity contribution in [2.45, 2.75) is 19.0 Å². The minimum Gasteiger partial charge on any atom is -0.341 e. The van der Waals surface area contributed by atoms with Crippen LogP contribution in [0, 0.1) is 0 Å². The van der Waals surface area contributed by atoms with Gasteiger partial charge in [0.1, 0.15) is 5.82 Å². The van der Waals surface area contributed by atoms with Crippen molar-refractivity contribution in [3.05, 3.63) is 114 Å². The van der Waals surface area contributed by atoms with Gasteiger partial charge >= 0.3 is 0 Å². The van der Waals surface area contributed by atoms with Gasteiger partial charge in [0, 0.05) is 0 Å². The van der Waals surface area contributed by atoms with Crippen LogP contribution in [0.25, 0.3) is 11.0 Å². The first-order valence-electron chi connectivity index (χ1n) is 10.3. The monoisotopic (exact) mass is 409 g/mol. The van der Waals surface area contributed by atoms with Gasteiger partial charge < -0.3 is 9.51 Å². The fraction of sp³-hybridized carbons (Fsp3) is 0.160. The number of hydrogen-bond donors (Lipinski definition) is 1. The van der Waals surface area contributed by atoms with E-state index in [0.29, 0.717) is 24.8 Å². The van der Waals surface area contributed by atoms with Crippen molar-refractivity contribution in [2.24, 2.45) is 0 Å². The molecule has 0 saturated carbocycles. The molecule has 1 N–H and O–H groups in total. The highest BCUT2D eigenvalue weighted by molar-refractivity contribution is 5.74. The summed E-state index contributed by atoms with van der Waals surface area (Å²) in [6, 6.07) is 28.6. The number of imidazole rings is 1. The lowest BCUT2D eigenvalue weighted by Gasteiger charge is -2.14. The Hall–Kier alpha value is -3.77. The van der Waals surface area contributed by atoms with Crippen molar-refractivity contribution in [2.75, 3.05) is 7.05 Å². The lowest BCUT2D eigenvalue weighted by atomic mass is 9.91. The number of H-pyrrole nitrogens is 1. The highest BCUT2D eigenvalue weighted by Crippen LogP contribution is 2.30. The Balaban J connectivity index is 1.35. The maximum Gasteiger partial charge on any atom is 0.240 e. The molecule has 0 aliphatic rings. The normalized spacial score (nSPS) is 11.6. The van der Waals surface area contributed by atoms with Crippen LogP contribution in [0.1, 0.15) is 34.6 Å². The molecular weight excluding hydrogens is 386 g/mol. The Labute approximate surface area is 180 Å². The molecule has 6 nitrogen and oxygen atoms in total. The van der Waals surface area contributed by atoms with Crippen molar-refractivity contribution < 1.29 is 4.52 Å². The Kier molecular flexibility index (Phi) is 5.29. The van der Waals surface area contributed by atoms with Gasteiger partial charge in [-0.3, -0.25) is 4.90 Å². The molecule has 31 heavy (non-hydrogen) atoms. The Morgan fingerprint density at radius 1 is 0.806 bits per heavy atom. The van der Waals surface area contributed by atoms with Crippen molar-refractivity contribution in [3.8, 4) is 0 Å². The molecule has 0 aliphatic heterocycles. The van der Waals surface area contributed by atoms with Gasteiger partial charge in [0.05, 0.1) is 30.0 Å². The van der Waals surface area contributed by atoms with E-state index in [1.807, 2.05) is 67.7 Å². The third-order valence-corrected chi connectivity index (χ3v) is 5.27. The molecule has 6 heteroatoms. The molecule has 0 spiro atoms. The summed E-state index contributed by atoms with van der Waals surface area (Å²) in [5.74, 6) is 2.10. The van der Waals surface area contributed by atoms with Crippen LogP contribution in [-0.2, 0) is 13.1 Å². The fourth-order valence-corrected chi connectivity index (χ4v) is 3.85. The quantitative estimate of drug-likeness (QED) is 0.420. The largest absolute Gasteiger partial charge is 0.341 e. The zero-order chi connectivity index (χ0) is 21.0. The molecule has 5 rings (SSSR count). The molecule has 5 aromatic rings. The minimum absolute atomic E-state index is 0.0689. The van der Waals surface area contributed by atoms with Crippen LogP contribution in [0.2, 0.25) is 0 Å². The number of rotatable bonds is 7. The fourth-order valence-electron chi connectivity index (χ4n) is 3.85. The first kappa shape index (κ1) is 19.2. The van der Waals surface area contributed by atoms with Gasteiger partial charge in [-0.1, -0.05) is 78.0 Å². The number of aromatic nitrogens is 4. The average Bonchev–Trinajstić information content (AvgIpc) is 3.42. The van der Waals surface area contributed by atoms with Crippen molar-refractivity contribution in [3.63, 3.8) is 0 Å². The Morgan fingerprint density at radius 3 is 2.13 bits per heavy atom. The summed E-state index contributed by atoms with van der Waals surface area (Å²) in [6.45, 7) is 1.20. The van der Waals surface area contributed by atoms with Gasteiger partial charge in [-0.05, 0) is 30.3 Å². The number of fused-ring (bicyclic) bond motifs is 1. The number of benzene rings is 3. The third-order valence-electron chi connectivity index (χ3n) is 5.27. The molecule has 0 saturated heterocycles. The average molecular weight is 409 g/mol. The molecule has 3 aromatic carbocycles. The van der Waals surface area contributed by atoms with Gasteiger partial charge in [-0.2, -0.15) is 4.98 Å². The second kappa shape index (κ2) is 8.53. The topological polar surface area (TPSA) is 70.8 Å². The van der Waals surface area contributed by atoms with Crippen LogP contribution < -0.4 is 0 Å². The standard InChI is InChI=1S/C25H23N5O/c1-30(16-22-26-20-14-8-9-15-21(20)27-22)17-23-28-25(29-31-23)24(18-10-4-2-5-11-18)19-12-6-3-7-13-19/h2-15,24H,16-17H2,1H3,(H,26,27). The maximum atomic E-state index is 5.62. The molecule has 2 aromatic heterocycles. The van der Waals surface area contributed by atoms with Gasteiger partial charge in [0.2, 0.25) is 5.89 Å². The van der Waals surface area contributed by atoms with Gasteiger partial charge in [0.15, 0.2) is 5.82 Å². The van der Waals surface area contributed by atoms with Gasteiger partial charge in [-0.15, -0.1) is 0 Å². The minimum atomic E-state index is -0.0689. The van der Waals surface area contributed by atoms with Crippen molar-refractivity contribution in [1.29, 1.82) is 0 Å². The van der Waals surface area contributed by atoms with Crippen LogP contribution in [0.3, 0.4) is 0 Å². The van der Waals surface area contributed by atoms with E-state index in [4.69, 9.17) is 9.51 Å². The summed E-state index contributed by atoms with van der Waals surface area (Å²) in [5, 5.41) is 4.33. The van der Waals surface area contributed by atoms with Crippen LogP contribution in [0.5, 0.6) is 0 Å². The highest BCUT2D eigenvalue weighted by Gasteiger charge is 2.22. The molecule has 0 radical (unpaired) electrons. The summed E-state index contributed by atoms with van der Waals surface area (Å²) in [7, 11) is 2.02. The summed E-state index contributed by atoms with van der Waals surface area (Å²) in [6.07, 6.45) is 0. The SMILES string of the molecule is CN(Cc1nc2ccccc2[nH]1)Cc1nc(C(c2ccccc2)c2ccccc2)no1. The van der Waals surface area contributed by atoms with E-state index >= 15 is 0 Å². The first-order valence-corrected chi connectivity index (χ1v) is 10.3. The Morgan fingerprint density at radius 2 is 1.45 bits per heavy atom. The number of hydrogen-bond acceptors (Lipinski definition) is 5. The van der Waals surface area contributed by atoms with Crippen LogP contribution in [0.4, 0.5) is 0 Å². The number of aromatic amines is 1. The lowest BCUT2D eigenvalue weighted by Crippen LogP contribution is -2.18. The Bertz CT molecular complexity index is 1190. The molecule has 154 valence electrons. The molecule has 0 bridgehead atoms. The van der Waals surface area contributed by atoms with Crippen LogP contribution >= 0.6 is 0 Å². The zero-order valence-electron chi connectivity index (χ0n) is 17.3. The van der Waals surface area contributed by atoms with E-state index in [0.717, 1.165) is 28.0 Å². The smallest absolute Gasteiger partial charge is 0.240 e. The molecular formula is C25H23N5O. The molecule has 0 fully saturated rings. The lowest BCUT2D eigenvalue weighted by molar-refractivity contribution is 0.256. The van der Waals surface area contributed by atoms with Crippen molar-refractivity contribution in [1.82, 2.24) is 25.0 Å². The molecule has 0 unspecified atom stereocenters. The number of nitrogens with zero attached hydrogens (tertiary/aromatic N) is 4. The first-order chi connectivity index (χ1) is 15.3. The highest BCUT2D eigenvalue weighted by atomic mass is 16.5. The zero-order valence-corrected chi connectivity index (χ0v) is 17.3. The molecule has 2 heterocycles. The summed E-state index contributed by atoms with van der Waals surface area (Å²) in [5.41, 5.74) is 4.28. The van der Waals surface area contributed by atoms with Crippen LogP contribution in [0.15, 0.2) is 89.5 Å². The molecule has 0 amide bonds. The summed E-state index contributed by atoms with van der Waals surface area (Å²) >= 11 is 0. The number of nitrogens with one attached hydrogen (secondary N) is 1. The maximum absolute atomic E-state index is 5.62. The molecule has 0 atom stereocenters. The van der Waals surface area contributed by atoms with E-state index in [2.05, 4.69) is 44.3 Å². The van der Waals surface area contributed by atoms with E-state index in [9.17, 15) is 0 Å². The van der Waals surface area contributed by atoms with E-state index in [-0.39, 0.29) is 5.92 Å². The van der Waals surface area contributed by atoms with E-state index < -0.39 is 0 Å². The second-order valence-corrected chi connectivity index (χ2v) is 7.67. The van der Waals surface area contributed by atoms with Gasteiger partial charge in [0.25, 0.3) is 0 Å². The predicted molar refractivity (Wildman–Crippen MR) is 119 cm³/mol. The molecule has 0 aliphatic carbocycles.